The van der Waals surface area contributed by atoms with Crippen molar-refractivity contribution in [1.82, 2.24) is 9.55 Å². The number of halogens is 4. The molecule has 0 spiro atoms. The number of fused-ring (bicyclic) bond motifs is 3. The zero-order chi connectivity index (χ0) is 17.7. The number of aliphatic hydroxyl groups excluding tert-OH is 1. The van der Waals surface area contributed by atoms with Crippen molar-refractivity contribution in [3.8, 4) is 5.75 Å². The van der Waals surface area contributed by atoms with Gasteiger partial charge in [0, 0.05) is 18.1 Å². The average Bonchev–Trinajstić information content (AvgIpc) is 3.06. The molecule has 130 valence electrons. The first-order valence-electron chi connectivity index (χ1n) is 7.54. The predicted molar refractivity (Wildman–Crippen MR) is 88.2 cm³/mol. The van der Waals surface area contributed by atoms with E-state index in [-0.39, 0.29) is 16.6 Å². The van der Waals surface area contributed by atoms with Crippen LogP contribution in [-0.4, -0.2) is 21.3 Å². The molecule has 1 unspecified atom stereocenters. The molecular formula is C17H12BrF3N2O2. The maximum atomic E-state index is 13.8. The molecule has 25 heavy (non-hydrogen) atoms. The molecule has 2 heterocycles. The molecule has 3 aromatic rings. The van der Waals surface area contributed by atoms with Crippen LogP contribution in [-0.2, 0) is 0 Å². The molecule has 4 rings (SSSR count). The highest BCUT2D eigenvalue weighted by Gasteiger charge is 2.35. The topological polar surface area (TPSA) is 47.3 Å². The summed E-state index contributed by atoms with van der Waals surface area (Å²) >= 11 is 3.15. The van der Waals surface area contributed by atoms with Gasteiger partial charge in [0.2, 0.25) is 0 Å². The summed E-state index contributed by atoms with van der Waals surface area (Å²) in [5.74, 6) is -0.0355. The fourth-order valence-electron chi connectivity index (χ4n) is 3.32. The van der Waals surface area contributed by atoms with Crippen molar-refractivity contribution in [2.24, 2.45) is 0 Å². The summed E-state index contributed by atoms with van der Waals surface area (Å²) in [5.41, 5.74) is 1.52. The van der Waals surface area contributed by atoms with Gasteiger partial charge in [-0.2, -0.15) is 8.78 Å². The van der Waals surface area contributed by atoms with Crippen LogP contribution >= 0.6 is 15.9 Å². The quantitative estimate of drug-likeness (QED) is 0.685. The molecule has 0 saturated carbocycles. The molecule has 1 N–H and O–H groups in total. The third kappa shape index (κ3) is 2.69. The van der Waals surface area contributed by atoms with Crippen molar-refractivity contribution in [1.29, 1.82) is 0 Å². The second-order valence-corrected chi connectivity index (χ2v) is 6.63. The van der Waals surface area contributed by atoms with Crippen LogP contribution in [0.2, 0.25) is 0 Å². The average molecular weight is 413 g/mol. The molecule has 0 amide bonds. The van der Waals surface area contributed by atoms with Crippen LogP contribution < -0.4 is 4.74 Å². The third-order valence-corrected chi connectivity index (χ3v) is 4.92. The van der Waals surface area contributed by atoms with Crippen LogP contribution in [0.25, 0.3) is 11.0 Å². The molecular weight excluding hydrogens is 401 g/mol. The van der Waals surface area contributed by atoms with E-state index in [1.54, 1.807) is 28.8 Å². The number of para-hydroxylation sites is 1. The van der Waals surface area contributed by atoms with Crippen molar-refractivity contribution in [2.75, 3.05) is 0 Å². The maximum absolute atomic E-state index is 13.8. The number of alkyl halides is 2. The summed E-state index contributed by atoms with van der Waals surface area (Å²) in [6.45, 7) is -2.95. The third-order valence-electron chi connectivity index (χ3n) is 4.31. The van der Waals surface area contributed by atoms with E-state index >= 15 is 0 Å². The minimum absolute atomic E-state index is 0.0468. The summed E-state index contributed by atoms with van der Waals surface area (Å²) in [5, 5.41) is 10.3. The van der Waals surface area contributed by atoms with Crippen LogP contribution in [0.3, 0.4) is 0 Å². The van der Waals surface area contributed by atoms with Gasteiger partial charge in [0.1, 0.15) is 23.5 Å². The maximum Gasteiger partial charge on any atom is 0.387 e. The minimum Gasteiger partial charge on any atom is -0.434 e. The lowest BCUT2D eigenvalue weighted by atomic mass is 10.0. The van der Waals surface area contributed by atoms with Gasteiger partial charge in [-0.1, -0.05) is 18.2 Å². The molecule has 4 nitrogen and oxygen atoms in total. The first kappa shape index (κ1) is 16.4. The highest BCUT2D eigenvalue weighted by atomic mass is 79.9. The predicted octanol–water partition coefficient (Wildman–Crippen LogP) is 4.57. The van der Waals surface area contributed by atoms with Crippen LogP contribution in [0, 0.1) is 5.82 Å². The minimum atomic E-state index is -2.95. The molecule has 1 aromatic heterocycles. The van der Waals surface area contributed by atoms with Crippen LogP contribution in [0.15, 0.2) is 40.9 Å². The van der Waals surface area contributed by atoms with Crippen molar-refractivity contribution in [3.05, 3.63) is 58.1 Å². The number of nitrogens with zero attached hydrogens (tertiary/aromatic N) is 2. The number of benzene rings is 2. The van der Waals surface area contributed by atoms with Crippen molar-refractivity contribution >= 4 is 27.0 Å². The first-order chi connectivity index (χ1) is 12.0. The lowest BCUT2D eigenvalue weighted by Gasteiger charge is -2.18. The van der Waals surface area contributed by atoms with Crippen LogP contribution in [0.1, 0.15) is 30.0 Å². The monoisotopic (exact) mass is 412 g/mol. The normalized spacial score (nSPS) is 19.6. The number of rotatable bonds is 3. The largest absolute Gasteiger partial charge is 0.434 e. The van der Waals surface area contributed by atoms with Gasteiger partial charge in [0.05, 0.1) is 21.5 Å². The number of imidazole rings is 1. The number of aromatic nitrogens is 2. The molecule has 1 aliphatic rings. The Hall–Kier alpha value is -2.06. The second kappa shape index (κ2) is 6.03. The summed E-state index contributed by atoms with van der Waals surface area (Å²) < 4.78 is 45.8. The summed E-state index contributed by atoms with van der Waals surface area (Å²) in [6, 6.07) is 8.86. The van der Waals surface area contributed by atoms with E-state index in [1.807, 2.05) is 0 Å². The number of ether oxygens (including phenoxy) is 1. The number of aliphatic hydroxyl groups is 1. The molecule has 0 aliphatic carbocycles. The second-order valence-electron chi connectivity index (χ2n) is 5.78. The Morgan fingerprint density at radius 3 is 2.80 bits per heavy atom. The zero-order valence-corrected chi connectivity index (χ0v) is 14.3. The van der Waals surface area contributed by atoms with Gasteiger partial charge in [-0.3, -0.25) is 0 Å². The van der Waals surface area contributed by atoms with Gasteiger partial charge in [-0.25, -0.2) is 9.37 Å². The lowest BCUT2D eigenvalue weighted by Crippen LogP contribution is -2.10. The summed E-state index contributed by atoms with van der Waals surface area (Å²) in [4.78, 5) is 4.31. The molecule has 2 aromatic carbocycles. The molecule has 0 radical (unpaired) electrons. The lowest BCUT2D eigenvalue weighted by molar-refractivity contribution is -0.0507. The zero-order valence-electron chi connectivity index (χ0n) is 12.7. The Balaban J connectivity index is 1.90. The van der Waals surface area contributed by atoms with Crippen molar-refractivity contribution < 1.29 is 23.0 Å². The Morgan fingerprint density at radius 2 is 2.04 bits per heavy atom. The standard InChI is InChI=1S/C17H12BrF3N2O2/c18-9-5-13-11(6-10(9)19)22-16-14(24)7-12(23(13)16)8-3-1-2-4-15(8)25-17(20)21/h1-6,12,14,17,24H,7H2/t12?,14-/m1/s1. The van der Waals surface area contributed by atoms with E-state index in [1.165, 1.54) is 12.1 Å². The first-order valence-corrected chi connectivity index (χ1v) is 8.33. The SMILES string of the molecule is O[C@@H]1CC(c2ccccc2OC(F)F)n2c1nc1cc(F)c(Br)cc12. The van der Waals surface area contributed by atoms with Crippen LogP contribution in [0.5, 0.6) is 5.75 Å². The van der Waals surface area contributed by atoms with Gasteiger partial charge in [0.15, 0.2) is 0 Å². The molecule has 0 fully saturated rings. The van der Waals surface area contributed by atoms with E-state index in [9.17, 15) is 18.3 Å². The Morgan fingerprint density at radius 1 is 1.28 bits per heavy atom. The van der Waals surface area contributed by atoms with Gasteiger partial charge in [0.25, 0.3) is 0 Å². The molecule has 0 saturated heterocycles. The van der Waals surface area contributed by atoms with Crippen molar-refractivity contribution in [3.63, 3.8) is 0 Å². The number of hydrogen-bond acceptors (Lipinski definition) is 3. The fraction of sp³-hybridized carbons (Fsp3) is 0.235. The number of hydrogen-bond donors (Lipinski definition) is 1. The smallest absolute Gasteiger partial charge is 0.387 e. The molecule has 0 bridgehead atoms. The Bertz CT molecular complexity index is 960. The van der Waals surface area contributed by atoms with Gasteiger partial charge in [-0.15, -0.1) is 0 Å². The molecule has 2 atom stereocenters. The van der Waals surface area contributed by atoms with E-state index in [4.69, 9.17) is 0 Å². The van der Waals surface area contributed by atoms with Gasteiger partial charge < -0.3 is 14.4 Å². The van der Waals surface area contributed by atoms with E-state index in [0.717, 1.165) is 0 Å². The summed E-state index contributed by atoms with van der Waals surface area (Å²) in [6.07, 6.45) is -0.601. The Kier molecular flexibility index (Phi) is 3.96. The fourth-order valence-corrected chi connectivity index (χ4v) is 3.65. The Labute approximate surface area is 149 Å². The van der Waals surface area contributed by atoms with Crippen molar-refractivity contribution in [2.45, 2.75) is 25.2 Å². The highest BCUT2D eigenvalue weighted by molar-refractivity contribution is 9.10. The molecule has 8 heteroatoms. The van der Waals surface area contributed by atoms with Crippen LogP contribution in [0.4, 0.5) is 13.2 Å². The van der Waals surface area contributed by atoms with Gasteiger partial charge >= 0.3 is 6.61 Å². The van der Waals surface area contributed by atoms with E-state index in [0.29, 0.717) is 22.4 Å². The highest BCUT2D eigenvalue weighted by Crippen LogP contribution is 2.44. The molecule has 1 aliphatic heterocycles. The summed E-state index contributed by atoms with van der Waals surface area (Å²) in [7, 11) is 0. The van der Waals surface area contributed by atoms with E-state index < -0.39 is 24.6 Å². The van der Waals surface area contributed by atoms with Gasteiger partial charge in [-0.05, 0) is 28.1 Å². The van der Waals surface area contributed by atoms with E-state index in [2.05, 4.69) is 25.7 Å².